The summed E-state index contributed by atoms with van der Waals surface area (Å²) in [5.41, 5.74) is -1.25. The van der Waals surface area contributed by atoms with E-state index in [-0.39, 0.29) is 17.9 Å². The molecule has 0 aliphatic rings. The van der Waals surface area contributed by atoms with Crippen molar-refractivity contribution >= 4 is 21.6 Å². The van der Waals surface area contributed by atoms with Crippen LogP contribution in [-0.4, -0.2) is 25.7 Å². The summed E-state index contributed by atoms with van der Waals surface area (Å²) in [4.78, 5) is 0.0979. The van der Waals surface area contributed by atoms with Gasteiger partial charge in [0.05, 0.1) is 16.8 Å². The lowest BCUT2D eigenvalue weighted by Crippen LogP contribution is -2.42. The molecule has 5 nitrogen and oxygen atoms in total. The Hall–Kier alpha value is -1.34. The highest BCUT2D eigenvalue weighted by Gasteiger charge is 2.25. The van der Waals surface area contributed by atoms with Crippen molar-refractivity contribution in [3.8, 4) is 0 Å². The van der Waals surface area contributed by atoms with Gasteiger partial charge in [0, 0.05) is 18.0 Å². The normalized spacial score (nSPS) is 14.8. The van der Waals surface area contributed by atoms with Crippen LogP contribution in [0, 0.1) is 0 Å². The smallest absolute Gasteiger partial charge is 0.240 e. The number of benzene rings is 1. The number of hydrogen-bond donors (Lipinski definition) is 2. The van der Waals surface area contributed by atoms with Crippen LogP contribution in [0.3, 0.4) is 0 Å². The van der Waals surface area contributed by atoms with E-state index in [1.807, 2.05) is 0 Å². The fraction of sp³-hybridized carbons (Fsp3) is 0.286. The van der Waals surface area contributed by atoms with Crippen LogP contribution in [0.1, 0.15) is 12.7 Å². The van der Waals surface area contributed by atoms with E-state index in [1.165, 1.54) is 30.5 Å². The molecule has 1 unspecified atom stereocenters. The first-order valence-corrected chi connectivity index (χ1v) is 8.15. The average Bonchev–Trinajstić information content (AvgIpc) is 2.89. The standard InChI is InChI=1S/C14H16ClNO4S/c1-14(17,9-12-3-2-8-20-12)10-16-21(18,19)13-6-4-11(15)5-7-13/h2-8,16-17H,9-10H2,1H3. The third-order valence-corrected chi connectivity index (χ3v) is 4.57. The van der Waals surface area contributed by atoms with E-state index in [9.17, 15) is 13.5 Å². The summed E-state index contributed by atoms with van der Waals surface area (Å²) in [5.74, 6) is 0.589. The molecule has 0 spiro atoms. The Morgan fingerprint density at radius 3 is 2.52 bits per heavy atom. The zero-order valence-corrected chi connectivity index (χ0v) is 13.0. The molecule has 1 aromatic heterocycles. The Kier molecular flexibility index (Phi) is 4.73. The molecule has 0 radical (unpaired) electrons. The van der Waals surface area contributed by atoms with Crippen LogP contribution in [0.4, 0.5) is 0 Å². The van der Waals surface area contributed by atoms with Gasteiger partial charge < -0.3 is 9.52 Å². The van der Waals surface area contributed by atoms with Crippen LogP contribution >= 0.6 is 11.6 Å². The molecule has 7 heteroatoms. The number of sulfonamides is 1. The number of halogens is 1. The van der Waals surface area contributed by atoms with Gasteiger partial charge in [-0.1, -0.05) is 11.6 Å². The first-order valence-electron chi connectivity index (χ1n) is 6.28. The van der Waals surface area contributed by atoms with Gasteiger partial charge in [-0.2, -0.15) is 0 Å². The molecule has 0 saturated heterocycles. The first kappa shape index (κ1) is 16.0. The Bertz CT molecular complexity index is 678. The molecule has 0 bridgehead atoms. The minimum atomic E-state index is -3.69. The summed E-state index contributed by atoms with van der Waals surface area (Å²) < 4.78 is 31.7. The van der Waals surface area contributed by atoms with Crippen LogP contribution in [0.2, 0.25) is 5.02 Å². The quantitative estimate of drug-likeness (QED) is 0.851. The fourth-order valence-electron chi connectivity index (χ4n) is 1.80. The number of furan rings is 1. The number of rotatable bonds is 6. The monoisotopic (exact) mass is 329 g/mol. The van der Waals surface area contributed by atoms with Gasteiger partial charge in [0.1, 0.15) is 5.76 Å². The lowest BCUT2D eigenvalue weighted by molar-refractivity contribution is 0.0603. The molecule has 1 heterocycles. The maximum Gasteiger partial charge on any atom is 0.240 e. The predicted molar refractivity (Wildman–Crippen MR) is 79.7 cm³/mol. The molecular weight excluding hydrogens is 314 g/mol. The van der Waals surface area contributed by atoms with Crippen molar-refractivity contribution in [3.05, 3.63) is 53.4 Å². The molecule has 0 aliphatic carbocycles. The largest absolute Gasteiger partial charge is 0.469 e. The van der Waals surface area contributed by atoms with Crippen LogP contribution in [0.25, 0.3) is 0 Å². The van der Waals surface area contributed by atoms with Gasteiger partial charge in [-0.25, -0.2) is 13.1 Å². The molecule has 0 aliphatic heterocycles. The van der Waals surface area contributed by atoms with E-state index in [4.69, 9.17) is 16.0 Å². The first-order chi connectivity index (χ1) is 9.78. The second-order valence-electron chi connectivity index (χ2n) is 5.03. The molecular formula is C14H16ClNO4S. The Labute approximate surface area is 128 Å². The lowest BCUT2D eigenvalue weighted by Gasteiger charge is -2.22. The van der Waals surface area contributed by atoms with Crippen molar-refractivity contribution in [1.29, 1.82) is 0 Å². The third kappa shape index (κ3) is 4.57. The third-order valence-electron chi connectivity index (χ3n) is 2.90. The van der Waals surface area contributed by atoms with Crippen LogP contribution < -0.4 is 4.72 Å². The minimum Gasteiger partial charge on any atom is -0.469 e. The van der Waals surface area contributed by atoms with Crippen molar-refractivity contribution in [1.82, 2.24) is 4.72 Å². The SMILES string of the molecule is CC(O)(CNS(=O)(=O)c1ccc(Cl)cc1)Cc1ccco1. The number of aliphatic hydroxyl groups is 1. The molecule has 2 N–H and O–H groups in total. The Morgan fingerprint density at radius 1 is 1.29 bits per heavy atom. The highest BCUT2D eigenvalue weighted by atomic mass is 35.5. The molecule has 2 aromatic rings. The summed E-state index contributed by atoms with van der Waals surface area (Å²) in [6.07, 6.45) is 1.71. The van der Waals surface area contributed by atoms with E-state index in [2.05, 4.69) is 4.72 Å². The summed E-state index contributed by atoms with van der Waals surface area (Å²) in [6.45, 7) is 1.42. The molecule has 1 aromatic carbocycles. The fourth-order valence-corrected chi connectivity index (χ4v) is 3.09. The molecule has 0 saturated carbocycles. The van der Waals surface area contributed by atoms with Gasteiger partial charge in [-0.15, -0.1) is 0 Å². The van der Waals surface area contributed by atoms with Crippen LogP contribution in [-0.2, 0) is 16.4 Å². The maximum absolute atomic E-state index is 12.1. The van der Waals surface area contributed by atoms with E-state index < -0.39 is 15.6 Å². The van der Waals surface area contributed by atoms with Gasteiger partial charge in [0.15, 0.2) is 0 Å². The van der Waals surface area contributed by atoms with Crippen LogP contribution in [0.15, 0.2) is 52.0 Å². The summed E-state index contributed by atoms with van der Waals surface area (Å²) in [6, 6.07) is 9.25. The average molecular weight is 330 g/mol. The van der Waals surface area contributed by atoms with Gasteiger partial charge in [-0.05, 0) is 43.3 Å². The van der Waals surface area contributed by atoms with Gasteiger partial charge in [0.25, 0.3) is 0 Å². The van der Waals surface area contributed by atoms with Gasteiger partial charge in [0.2, 0.25) is 10.0 Å². The lowest BCUT2D eigenvalue weighted by atomic mass is 10.0. The predicted octanol–water partition coefficient (Wildman–Crippen LogP) is 2.21. The summed E-state index contributed by atoms with van der Waals surface area (Å²) >= 11 is 5.73. The van der Waals surface area contributed by atoms with E-state index in [0.29, 0.717) is 10.8 Å². The van der Waals surface area contributed by atoms with Crippen molar-refractivity contribution < 1.29 is 17.9 Å². The highest BCUT2D eigenvalue weighted by Crippen LogP contribution is 2.16. The molecule has 114 valence electrons. The molecule has 0 amide bonds. The van der Waals surface area contributed by atoms with Crippen LogP contribution in [0.5, 0.6) is 0 Å². The van der Waals surface area contributed by atoms with Crippen molar-refractivity contribution in [2.24, 2.45) is 0 Å². The maximum atomic E-state index is 12.1. The van der Waals surface area contributed by atoms with Gasteiger partial charge >= 0.3 is 0 Å². The topological polar surface area (TPSA) is 79.5 Å². The van der Waals surface area contributed by atoms with Gasteiger partial charge in [-0.3, -0.25) is 0 Å². The molecule has 1 atom stereocenters. The van der Waals surface area contributed by atoms with Crippen molar-refractivity contribution in [2.75, 3.05) is 6.54 Å². The zero-order chi connectivity index (χ0) is 15.5. The molecule has 21 heavy (non-hydrogen) atoms. The van der Waals surface area contributed by atoms with Crippen molar-refractivity contribution in [2.45, 2.75) is 23.8 Å². The van der Waals surface area contributed by atoms with E-state index in [0.717, 1.165) is 0 Å². The Balaban J connectivity index is 2.02. The minimum absolute atomic E-state index is 0.0979. The second kappa shape index (κ2) is 6.19. The van der Waals surface area contributed by atoms with E-state index >= 15 is 0 Å². The number of nitrogens with one attached hydrogen (secondary N) is 1. The highest BCUT2D eigenvalue weighted by molar-refractivity contribution is 7.89. The summed E-state index contributed by atoms with van der Waals surface area (Å²) in [5, 5.41) is 10.7. The van der Waals surface area contributed by atoms with E-state index in [1.54, 1.807) is 19.1 Å². The molecule has 0 fully saturated rings. The second-order valence-corrected chi connectivity index (χ2v) is 7.23. The van der Waals surface area contributed by atoms with Crippen molar-refractivity contribution in [3.63, 3.8) is 0 Å². The Morgan fingerprint density at radius 2 is 1.95 bits per heavy atom. The summed E-state index contributed by atoms with van der Waals surface area (Å²) in [7, 11) is -3.69. The molecule has 2 rings (SSSR count). The zero-order valence-electron chi connectivity index (χ0n) is 11.4. The number of hydrogen-bond acceptors (Lipinski definition) is 4.